The number of carbonyl (C=O) groups excluding carboxylic acids is 1. The summed E-state index contributed by atoms with van der Waals surface area (Å²) in [5.74, 6) is -0.758. The summed E-state index contributed by atoms with van der Waals surface area (Å²) in [6.45, 7) is 3.27. The Morgan fingerprint density at radius 2 is 2.19 bits per heavy atom. The number of hydrogen-bond donors (Lipinski definition) is 2. The molecule has 16 heavy (non-hydrogen) atoms. The van der Waals surface area contributed by atoms with Crippen LogP contribution in [0.1, 0.15) is 32.6 Å². The summed E-state index contributed by atoms with van der Waals surface area (Å²) in [4.78, 5) is 24.5. The summed E-state index contributed by atoms with van der Waals surface area (Å²) in [7, 11) is 0. The highest BCUT2D eigenvalue weighted by molar-refractivity contribution is 5.80. The van der Waals surface area contributed by atoms with Crippen LogP contribution in [0.5, 0.6) is 0 Å². The van der Waals surface area contributed by atoms with Gasteiger partial charge in [0.05, 0.1) is 5.41 Å². The van der Waals surface area contributed by atoms with E-state index in [1.54, 1.807) is 4.90 Å². The Hall–Kier alpha value is -1.10. The summed E-state index contributed by atoms with van der Waals surface area (Å²) in [5, 5.41) is 9.18. The maximum absolute atomic E-state index is 11.7. The van der Waals surface area contributed by atoms with Gasteiger partial charge in [-0.1, -0.05) is 6.92 Å². The van der Waals surface area contributed by atoms with Crippen molar-refractivity contribution in [3.63, 3.8) is 0 Å². The highest BCUT2D eigenvalue weighted by Gasteiger charge is 2.44. The van der Waals surface area contributed by atoms with Crippen molar-refractivity contribution < 1.29 is 14.7 Å². The van der Waals surface area contributed by atoms with Gasteiger partial charge in [-0.15, -0.1) is 0 Å². The van der Waals surface area contributed by atoms with E-state index in [2.05, 4.69) is 0 Å². The number of nitrogens with zero attached hydrogens (tertiary/aromatic N) is 1. The molecule has 1 rings (SSSR count). The third-order valence-electron chi connectivity index (χ3n) is 3.43. The first-order valence-electron chi connectivity index (χ1n) is 5.77. The van der Waals surface area contributed by atoms with Crippen LogP contribution in [0.3, 0.4) is 0 Å². The lowest BCUT2D eigenvalue weighted by molar-refractivity contribution is -0.148. The second-order valence-electron chi connectivity index (χ2n) is 4.40. The normalized spacial score (nSPS) is 24.8. The number of carboxylic acid groups (broad SMARTS) is 1. The molecule has 1 fully saturated rings. The maximum atomic E-state index is 11.7. The van der Waals surface area contributed by atoms with Crippen LogP contribution in [0.15, 0.2) is 0 Å². The van der Waals surface area contributed by atoms with E-state index in [0.717, 1.165) is 0 Å². The van der Waals surface area contributed by atoms with Crippen LogP contribution >= 0.6 is 0 Å². The van der Waals surface area contributed by atoms with Crippen LogP contribution < -0.4 is 5.73 Å². The largest absolute Gasteiger partial charge is 0.481 e. The minimum atomic E-state index is -0.788. The van der Waals surface area contributed by atoms with Crippen LogP contribution in [0.4, 0.5) is 0 Å². The molecule has 3 N–H and O–H groups in total. The van der Waals surface area contributed by atoms with E-state index in [1.807, 2.05) is 6.92 Å². The quantitative estimate of drug-likeness (QED) is 0.715. The molecule has 5 nitrogen and oxygen atoms in total. The summed E-state index contributed by atoms with van der Waals surface area (Å²) in [6.07, 6.45) is 2.23. The Morgan fingerprint density at radius 3 is 2.62 bits per heavy atom. The predicted octanol–water partition coefficient (Wildman–Crippen LogP) is 0.439. The van der Waals surface area contributed by atoms with Gasteiger partial charge in [-0.3, -0.25) is 9.59 Å². The Morgan fingerprint density at radius 1 is 1.50 bits per heavy atom. The molecule has 1 saturated heterocycles. The lowest BCUT2D eigenvalue weighted by Crippen LogP contribution is -2.36. The molecular weight excluding hydrogens is 208 g/mol. The van der Waals surface area contributed by atoms with E-state index in [-0.39, 0.29) is 5.91 Å². The number of hydrogen-bond acceptors (Lipinski definition) is 3. The topological polar surface area (TPSA) is 83.6 Å². The predicted molar refractivity (Wildman–Crippen MR) is 59.8 cm³/mol. The molecule has 1 aliphatic heterocycles. The van der Waals surface area contributed by atoms with Crippen LogP contribution in [0, 0.1) is 5.41 Å². The van der Waals surface area contributed by atoms with Crippen molar-refractivity contribution in [2.24, 2.45) is 11.1 Å². The van der Waals surface area contributed by atoms with E-state index in [0.29, 0.717) is 45.3 Å². The van der Waals surface area contributed by atoms with Crippen molar-refractivity contribution >= 4 is 11.9 Å². The first kappa shape index (κ1) is 13.0. The number of rotatable bonds is 5. The molecule has 1 heterocycles. The lowest BCUT2D eigenvalue weighted by Gasteiger charge is -2.23. The van der Waals surface area contributed by atoms with Gasteiger partial charge < -0.3 is 15.7 Å². The van der Waals surface area contributed by atoms with Gasteiger partial charge in [0.1, 0.15) is 0 Å². The van der Waals surface area contributed by atoms with Gasteiger partial charge >= 0.3 is 5.97 Å². The van der Waals surface area contributed by atoms with E-state index >= 15 is 0 Å². The molecule has 1 aliphatic rings. The molecule has 0 bridgehead atoms. The van der Waals surface area contributed by atoms with Gasteiger partial charge in [0.2, 0.25) is 5.91 Å². The standard InChI is InChI=1S/C11H20N2O3/c1-2-11(10(15)16)5-7-13(8-11)9(14)4-3-6-12/h2-8,12H2,1H3,(H,15,16). The van der Waals surface area contributed by atoms with Gasteiger partial charge in [0.25, 0.3) is 0 Å². The van der Waals surface area contributed by atoms with Crippen molar-refractivity contribution in [3.05, 3.63) is 0 Å². The summed E-state index contributed by atoms with van der Waals surface area (Å²) in [5.41, 5.74) is 4.61. The molecule has 0 aromatic heterocycles. The molecule has 92 valence electrons. The third kappa shape index (κ3) is 2.52. The van der Waals surface area contributed by atoms with Crippen molar-refractivity contribution in [2.75, 3.05) is 19.6 Å². The first-order chi connectivity index (χ1) is 7.55. The van der Waals surface area contributed by atoms with Crippen LogP contribution in [0.25, 0.3) is 0 Å². The van der Waals surface area contributed by atoms with E-state index in [1.165, 1.54) is 0 Å². The van der Waals surface area contributed by atoms with Crippen LogP contribution in [0.2, 0.25) is 0 Å². The van der Waals surface area contributed by atoms with Gasteiger partial charge in [-0.05, 0) is 25.8 Å². The number of aliphatic carboxylic acids is 1. The van der Waals surface area contributed by atoms with Crippen LogP contribution in [-0.4, -0.2) is 41.5 Å². The van der Waals surface area contributed by atoms with Crippen molar-refractivity contribution in [2.45, 2.75) is 32.6 Å². The van der Waals surface area contributed by atoms with E-state index in [4.69, 9.17) is 5.73 Å². The second-order valence-corrected chi connectivity index (χ2v) is 4.40. The Kier molecular flexibility index (Phi) is 4.29. The molecule has 1 unspecified atom stereocenters. The zero-order valence-corrected chi connectivity index (χ0v) is 9.74. The molecule has 1 amide bonds. The molecular formula is C11H20N2O3. The van der Waals surface area contributed by atoms with Gasteiger partial charge in [0, 0.05) is 19.5 Å². The Labute approximate surface area is 95.6 Å². The fourth-order valence-electron chi connectivity index (χ4n) is 2.11. The van der Waals surface area contributed by atoms with Crippen molar-refractivity contribution in [1.82, 2.24) is 4.90 Å². The molecule has 0 saturated carbocycles. The minimum Gasteiger partial charge on any atom is -0.481 e. The number of carbonyl (C=O) groups is 2. The average molecular weight is 228 g/mol. The molecule has 0 aliphatic carbocycles. The number of amides is 1. The van der Waals surface area contributed by atoms with Crippen molar-refractivity contribution in [3.8, 4) is 0 Å². The monoisotopic (exact) mass is 228 g/mol. The Bertz CT molecular complexity index is 280. The SMILES string of the molecule is CCC1(C(=O)O)CCN(C(=O)CCCN)C1. The number of carboxylic acids is 1. The first-order valence-corrected chi connectivity index (χ1v) is 5.77. The molecule has 0 aromatic rings. The minimum absolute atomic E-state index is 0.0297. The lowest BCUT2D eigenvalue weighted by atomic mass is 9.84. The van der Waals surface area contributed by atoms with Gasteiger partial charge in [0.15, 0.2) is 0 Å². The van der Waals surface area contributed by atoms with Crippen LogP contribution in [-0.2, 0) is 9.59 Å². The summed E-state index contributed by atoms with van der Waals surface area (Å²) in [6, 6.07) is 0. The molecule has 0 spiro atoms. The van der Waals surface area contributed by atoms with Crippen molar-refractivity contribution in [1.29, 1.82) is 0 Å². The van der Waals surface area contributed by atoms with E-state index < -0.39 is 11.4 Å². The molecule has 5 heteroatoms. The Balaban J connectivity index is 2.57. The third-order valence-corrected chi connectivity index (χ3v) is 3.43. The molecule has 0 aromatic carbocycles. The number of likely N-dealkylation sites (tertiary alicyclic amines) is 1. The number of nitrogens with two attached hydrogens (primary N) is 1. The fourth-order valence-corrected chi connectivity index (χ4v) is 2.11. The van der Waals surface area contributed by atoms with Gasteiger partial charge in [-0.25, -0.2) is 0 Å². The highest BCUT2D eigenvalue weighted by Crippen LogP contribution is 2.34. The summed E-state index contributed by atoms with van der Waals surface area (Å²) < 4.78 is 0. The zero-order valence-electron chi connectivity index (χ0n) is 9.74. The molecule has 1 atom stereocenters. The fraction of sp³-hybridized carbons (Fsp3) is 0.818. The molecule has 0 radical (unpaired) electrons. The summed E-state index contributed by atoms with van der Waals surface area (Å²) >= 11 is 0. The smallest absolute Gasteiger partial charge is 0.311 e. The second kappa shape index (κ2) is 5.30. The highest BCUT2D eigenvalue weighted by atomic mass is 16.4. The zero-order chi connectivity index (χ0) is 12.2. The average Bonchev–Trinajstić information content (AvgIpc) is 2.71. The maximum Gasteiger partial charge on any atom is 0.311 e. The van der Waals surface area contributed by atoms with E-state index in [9.17, 15) is 14.7 Å². The van der Waals surface area contributed by atoms with Gasteiger partial charge in [-0.2, -0.15) is 0 Å².